The quantitative estimate of drug-likeness (QED) is 0.427. The molecule has 0 amide bonds. The molecular formula is C20H16IN3O. The van der Waals surface area contributed by atoms with E-state index in [1.807, 2.05) is 31.4 Å². The lowest BCUT2D eigenvalue weighted by Crippen LogP contribution is -1.98. The average Bonchev–Trinajstić information content (AvgIpc) is 2.97. The standard InChI is InChI=1S/C20H16IN3O/c1-24-12-17(21)20(23-24)25-13-14-6-8-16(9-7-14)19-11-10-15-4-2-3-5-18(15)22-19/h2-12H,13H2,1H3. The van der Waals surface area contributed by atoms with Gasteiger partial charge in [-0.2, -0.15) is 0 Å². The first-order valence-corrected chi connectivity index (χ1v) is 9.04. The van der Waals surface area contributed by atoms with Crippen molar-refractivity contribution in [3.8, 4) is 17.1 Å². The van der Waals surface area contributed by atoms with E-state index in [0.29, 0.717) is 12.5 Å². The van der Waals surface area contributed by atoms with Crippen LogP contribution >= 0.6 is 22.6 Å². The number of halogens is 1. The number of fused-ring (bicyclic) bond motifs is 1. The Morgan fingerprint density at radius 3 is 2.56 bits per heavy atom. The normalized spacial score (nSPS) is 11.0. The van der Waals surface area contributed by atoms with Crippen molar-refractivity contribution in [3.63, 3.8) is 0 Å². The Hall–Kier alpha value is -2.41. The fraction of sp³-hybridized carbons (Fsp3) is 0.100. The van der Waals surface area contributed by atoms with Crippen molar-refractivity contribution in [2.45, 2.75) is 6.61 Å². The maximum atomic E-state index is 5.79. The van der Waals surface area contributed by atoms with Crippen LogP contribution in [0.15, 0.2) is 66.9 Å². The summed E-state index contributed by atoms with van der Waals surface area (Å²) in [6, 6.07) is 20.6. The van der Waals surface area contributed by atoms with E-state index in [1.54, 1.807) is 4.68 Å². The lowest BCUT2D eigenvalue weighted by atomic mass is 10.1. The van der Waals surface area contributed by atoms with Gasteiger partial charge in [0.15, 0.2) is 0 Å². The molecule has 0 aliphatic carbocycles. The predicted octanol–water partition coefficient (Wildman–Crippen LogP) is 4.82. The molecule has 4 rings (SSSR count). The van der Waals surface area contributed by atoms with Crippen molar-refractivity contribution in [1.82, 2.24) is 14.8 Å². The number of nitrogens with zero attached hydrogens (tertiary/aromatic N) is 3. The molecule has 0 unspecified atom stereocenters. The highest BCUT2D eigenvalue weighted by molar-refractivity contribution is 14.1. The summed E-state index contributed by atoms with van der Waals surface area (Å²) in [6.45, 7) is 0.498. The first-order chi connectivity index (χ1) is 12.2. The summed E-state index contributed by atoms with van der Waals surface area (Å²) < 4.78 is 8.56. The Morgan fingerprint density at radius 1 is 1.00 bits per heavy atom. The van der Waals surface area contributed by atoms with Crippen molar-refractivity contribution in [1.29, 1.82) is 0 Å². The van der Waals surface area contributed by atoms with Crippen LogP contribution < -0.4 is 4.74 Å². The number of benzene rings is 2. The molecule has 0 saturated carbocycles. The molecule has 2 aromatic heterocycles. The summed E-state index contributed by atoms with van der Waals surface area (Å²) in [4.78, 5) is 4.74. The Morgan fingerprint density at radius 2 is 1.80 bits per heavy atom. The maximum absolute atomic E-state index is 5.79. The monoisotopic (exact) mass is 441 g/mol. The van der Waals surface area contributed by atoms with Crippen molar-refractivity contribution in [2.75, 3.05) is 0 Å². The molecule has 0 spiro atoms. The van der Waals surface area contributed by atoms with Crippen LogP contribution in [0.2, 0.25) is 0 Å². The van der Waals surface area contributed by atoms with Crippen LogP contribution in [0.3, 0.4) is 0 Å². The van der Waals surface area contributed by atoms with Crippen LogP contribution in [-0.4, -0.2) is 14.8 Å². The van der Waals surface area contributed by atoms with Crippen molar-refractivity contribution >= 4 is 33.5 Å². The largest absolute Gasteiger partial charge is 0.471 e. The Balaban J connectivity index is 1.51. The molecule has 0 aliphatic rings. The molecule has 124 valence electrons. The number of para-hydroxylation sites is 1. The highest BCUT2D eigenvalue weighted by Crippen LogP contribution is 2.22. The fourth-order valence-corrected chi connectivity index (χ4v) is 3.35. The van der Waals surface area contributed by atoms with E-state index in [0.717, 1.165) is 31.3 Å². The van der Waals surface area contributed by atoms with Crippen LogP contribution in [0, 0.1) is 3.57 Å². The highest BCUT2D eigenvalue weighted by Gasteiger charge is 2.07. The van der Waals surface area contributed by atoms with E-state index < -0.39 is 0 Å². The second kappa shape index (κ2) is 6.84. The van der Waals surface area contributed by atoms with E-state index in [9.17, 15) is 0 Å². The van der Waals surface area contributed by atoms with Crippen LogP contribution in [0.5, 0.6) is 5.88 Å². The first kappa shape index (κ1) is 16.1. The van der Waals surface area contributed by atoms with Crippen molar-refractivity contribution < 1.29 is 4.74 Å². The summed E-state index contributed by atoms with van der Waals surface area (Å²) in [7, 11) is 1.89. The zero-order valence-electron chi connectivity index (χ0n) is 13.7. The number of ether oxygens (including phenoxy) is 1. The average molecular weight is 441 g/mol. The molecule has 4 nitrogen and oxygen atoms in total. The minimum atomic E-state index is 0.498. The molecule has 25 heavy (non-hydrogen) atoms. The predicted molar refractivity (Wildman–Crippen MR) is 107 cm³/mol. The molecule has 0 fully saturated rings. The smallest absolute Gasteiger partial charge is 0.246 e. The van der Waals surface area contributed by atoms with Gasteiger partial charge in [-0.15, -0.1) is 5.10 Å². The number of hydrogen-bond donors (Lipinski definition) is 0. The third-order valence-electron chi connectivity index (χ3n) is 3.98. The zero-order valence-corrected chi connectivity index (χ0v) is 15.8. The van der Waals surface area contributed by atoms with Gasteiger partial charge in [0.05, 0.1) is 14.8 Å². The topological polar surface area (TPSA) is 39.9 Å². The number of pyridine rings is 1. The molecule has 0 bridgehead atoms. The van der Waals surface area contributed by atoms with E-state index in [-0.39, 0.29) is 0 Å². The van der Waals surface area contributed by atoms with Gasteiger partial charge >= 0.3 is 0 Å². The third-order valence-corrected chi connectivity index (χ3v) is 4.72. The molecule has 0 N–H and O–H groups in total. The lowest BCUT2D eigenvalue weighted by Gasteiger charge is -2.06. The van der Waals surface area contributed by atoms with Crippen LogP contribution in [0.4, 0.5) is 0 Å². The Labute approximate surface area is 159 Å². The summed E-state index contributed by atoms with van der Waals surface area (Å²) in [6.07, 6.45) is 1.93. The van der Waals surface area contributed by atoms with Gasteiger partial charge in [0.1, 0.15) is 6.61 Å². The fourth-order valence-electron chi connectivity index (χ4n) is 2.69. The third kappa shape index (κ3) is 3.51. The maximum Gasteiger partial charge on any atom is 0.246 e. The second-order valence-electron chi connectivity index (χ2n) is 5.83. The molecular weight excluding hydrogens is 425 g/mol. The summed E-state index contributed by atoms with van der Waals surface area (Å²) in [5.74, 6) is 0.670. The minimum absolute atomic E-state index is 0.498. The van der Waals surface area contributed by atoms with Gasteiger partial charge in [-0.1, -0.05) is 48.5 Å². The number of hydrogen-bond acceptors (Lipinski definition) is 3. The van der Waals surface area contributed by atoms with Gasteiger partial charge in [0.2, 0.25) is 5.88 Å². The Kier molecular flexibility index (Phi) is 4.40. The van der Waals surface area contributed by atoms with E-state index >= 15 is 0 Å². The van der Waals surface area contributed by atoms with Crippen LogP contribution in [0.1, 0.15) is 5.56 Å². The second-order valence-corrected chi connectivity index (χ2v) is 6.99. The van der Waals surface area contributed by atoms with Gasteiger partial charge in [-0.05, 0) is 40.3 Å². The molecule has 0 saturated heterocycles. The molecule has 2 heterocycles. The summed E-state index contributed by atoms with van der Waals surface area (Å²) >= 11 is 2.23. The SMILES string of the molecule is Cn1cc(I)c(OCc2ccc(-c3ccc4ccccc4n3)cc2)n1. The molecule has 5 heteroatoms. The van der Waals surface area contributed by atoms with Crippen molar-refractivity contribution in [2.24, 2.45) is 7.05 Å². The molecule has 0 aliphatic heterocycles. The molecule has 2 aromatic carbocycles. The van der Waals surface area contributed by atoms with Gasteiger partial charge in [-0.3, -0.25) is 4.68 Å². The molecule has 0 radical (unpaired) electrons. The summed E-state index contributed by atoms with van der Waals surface area (Å²) in [5, 5.41) is 5.45. The number of aryl methyl sites for hydroxylation is 1. The molecule has 4 aromatic rings. The van der Waals surface area contributed by atoms with Crippen molar-refractivity contribution in [3.05, 3.63) is 76.0 Å². The van der Waals surface area contributed by atoms with E-state index in [4.69, 9.17) is 9.72 Å². The first-order valence-electron chi connectivity index (χ1n) is 7.96. The zero-order chi connectivity index (χ0) is 17.2. The Bertz CT molecular complexity index is 1020. The lowest BCUT2D eigenvalue weighted by molar-refractivity contribution is 0.289. The molecule has 0 atom stereocenters. The van der Waals surface area contributed by atoms with Gasteiger partial charge in [-0.25, -0.2) is 4.98 Å². The number of rotatable bonds is 4. The number of aromatic nitrogens is 3. The van der Waals surface area contributed by atoms with Crippen LogP contribution in [-0.2, 0) is 13.7 Å². The van der Waals surface area contributed by atoms with E-state index in [1.165, 1.54) is 0 Å². The van der Waals surface area contributed by atoms with Gasteiger partial charge in [0.25, 0.3) is 0 Å². The minimum Gasteiger partial charge on any atom is -0.471 e. The van der Waals surface area contributed by atoms with Gasteiger partial charge < -0.3 is 4.74 Å². The van der Waals surface area contributed by atoms with Gasteiger partial charge in [0, 0.05) is 24.2 Å². The van der Waals surface area contributed by atoms with Crippen LogP contribution in [0.25, 0.3) is 22.2 Å². The summed E-state index contributed by atoms with van der Waals surface area (Å²) in [5.41, 5.74) is 4.19. The van der Waals surface area contributed by atoms with E-state index in [2.05, 4.69) is 70.2 Å². The highest BCUT2D eigenvalue weighted by atomic mass is 127.